The lowest BCUT2D eigenvalue weighted by molar-refractivity contribution is 0.0988. The molecule has 0 saturated carbocycles. The van der Waals surface area contributed by atoms with Crippen molar-refractivity contribution in [2.24, 2.45) is 0 Å². The van der Waals surface area contributed by atoms with E-state index in [4.69, 9.17) is 0 Å². The van der Waals surface area contributed by atoms with Gasteiger partial charge in [0.2, 0.25) is 0 Å². The van der Waals surface area contributed by atoms with Crippen LogP contribution >= 0.6 is 0 Å². The summed E-state index contributed by atoms with van der Waals surface area (Å²) in [4.78, 5) is 23.5. The van der Waals surface area contributed by atoms with E-state index >= 15 is 0 Å². The van der Waals surface area contributed by atoms with Crippen molar-refractivity contribution in [3.05, 3.63) is 52.1 Å². The van der Waals surface area contributed by atoms with Crippen molar-refractivity contribution in [1.29, 1.82) is 0 Å². The van der Waals surface area contributed by atoms with Gasteiger partial charge in [0.1, 0.15) is 17.2 Å². The molecule has 0 amide bonds. The lowest BCUT2D eigenvalue weighted by Crippen LogP contribution is -2.09. The zero-order valence-corrected chi connectivity index (χ0v) is 12.3. The number of rotatable bonds is 4. The van der Waals surface area contributed by atoms with Crippen LogP contribution in [-0.2, 0) is 6.42 Å². The molecular formula is C17H16O5. The van der Waals surface area contributed by atoms with Crippen LogP contribution in [0.1, 0.15) is 37.4 Å². The Morgan fingerprint density at radius 1 is 1.14 bits per heavy atom. The number of carbonyl (C=O) groups excluding carboxylic acids is 2. The molecule has 0 atom stereocenters. The van der Waals surface area contributed by atoms with Crippen molar-refractivity contribution in [3.8, 4) is 17.2 Å². The molecule has 2 rings (SSSR count). The molecule has 22 heavy (non-hydrogen) atoms. The molecule has 2 aromatic carbocycles. The van der Waals surface area contributed by atoms with Gasteiger partial charge in [0.15, 0.2) is 12.1 Å². The maximum atomic E-state index is 12.4. The van der Waals surface area contributed by atoms with Gasteiger partial charge in [0, 0.05) is 23.1 Å². The Kier molecular flexibility index (Phi) is 4.17. The number of hydrogen-bond donors (Lipinski definition) is 3. The average molecular weight is 300 g/mol. The highest BCUT2D eigenvalue weighted by Crippen LogP contribution is 2.34. The lowest BCUT2D eigenvalue weighted by Gasteiger charge is -2.12. The van der Waals surface area contributed by atoms with Crippen LogP contribution in [0.25, 0.3) is 0 Å². The van der Waals surface area contributed by atoms with Gasteiger partial charge < -0.3 is 15.3 Å². The van der Waals surface area contributed by atoms with E-state index in [2.05, 4.69) is 0 Å². The topological polar surface area (TPSA) is 94.8 Å². The summed E-state index contributed by atoms with van der Waals surface area (Å²) >= 11 is 0. The minimum Gasteiger partial charge on any atom is -0.508 e. The first-order valence-corrected chi connectivity index (χ1v) is 6.68. The summed E-state index contributed by atoms with van der Waals surface area (Å²) in [6.45, 7) is 3.17. The van der Waals surface area contributed by atoms with E-state index in [0.29, 0.717) is 11.8 Å². The van der Waals surface area contributed by atoms with Crippen molar-refractivity contribution >= 4 is 12.1 Å². The Morgan fingerprint density at radius 2 is 1.82 bits per heavy atom. The van der Waals surface area contributed by atoms with Crippen molar-refractivity contribution in [2.45, 2.75) is 20.3 Å². The molecule has 5 nitrogen and oxygen atoms in total. The summed E-state index contributed by atoms with van der Waals surface area (Å²) in [5.74, 6) is -1.07. The molecule has 0 aliphatic heterocycles. The smallest absolute Gasteiger partial charge is 0.171 e. The number of phenolic OH excluding ortho intramolecular Hbond substituents is 3. The predicted molar refractivity (Wildman–Crippen MR) is 80.8 cm³/mol. The fraction of sp³-hybridized carbons (Fsp3) is 0.176. The first-order chi connectivity index (χ1) is 10.4. The number of aryl methyl sites for hydroxylation is 1. The van der Waals surface area contributed by atoms with Crippen LogP contribution in [0.3, 0.4) is 0 Å². The van der Waals surface area contributed by atoms with E-state index in [0.717, 1.165) is 0 Å². The zero-order chi connectivity index (χ0) is 16.4. The summed E-state index contributed by atoms with van der Waals surface area (Å²) < 4.78 is 0. The number of Topliss-reactive ketones (excluding diaryl/α,β-unsaturated/α-hetero) is 1. The molecule has 0 aromatic heterocycles. The van der Waals surface area contributed by atoms with E-state index in [1.807, 2.05) is 0 Å². The maximum Gasteiger partial charge on any atom is 0.171 e. The molecule has 2 aromatic rings. The Balaban J connectivity index is 2.49. The predicted octanol–water partition coefficient (Wildman–Crippen LogP) is 2.66. The molecule has 0 unspecified atom stereocenters. The molecule has 5 heteroatoms. The SMILES string of the molecule is Cc1cccc(O)c1C(=O)Cc1c(C=O)cc(O)c(C)c1O. The summed E-state index contributed by atoms with van der Waals surface area (Å²) in [6, 6.07) is 5.93. The van der Waals surface area contributed by atoms with Crippen molar-refractivity contribution in [1.82, 2.24) is 0 Å². The van der Waals surface area contributed by atoms with Crippen molar-refractivity contribution in [2.75, 3.05) is 0 Å². The van der Waals surface area contributed by atoms with Gasteiger partial charge in [-0.05, 0) is 31.5 Å². The summed E-state index contributed by atoms with van der Waals surface area (Å²) in [7, 11) is 0. The number of benzene rings is 2. The van der Waals surface area contributed by atoms with Gasteiger partial charge in [0.05, 0.1) is 5.56 Å². The zero-order valence-electron chi connectivity index (χ0n) is 12.3. The van der Waals surface area contributed by atoms with Crippen molar-refractivity contribution in [3.63, 3.8) is 0 Å². The van der Waals surface area contributed by atoms with Gasteiger partial charge in [0.25, 0.3) is 0 Å². The first kappa shape index (κ1) is 15.6. The van der Waals surface area contributed by atoms with Crippen LogP contribution in [0, 0.1) is 13.8 Å². The summed E-state index contributed by atoms with van der Waals surface area (Å²) in [6.07, 6.45) is 0.221. The Labute approximate surface area is 127 Å². The number of ketones is 1. The van der Waals surface area contributed by atoms with E-state index in [9.17, 15) is 24.9 Å². The average Bonchev–Trinajstić information content (AvgIpc) is 2.47. The van der Waals surface area contributed by atoms with Crippen molar-refractivity contribution < 1.29 is 24.9 Å². The monoisotopic (exact) mass is 300 g/mol. The third-order valence-corrected chi connectivity index (χ3v) is 3.66. The highest BCUT2D eigenvalue weighted by atomic mass is 16.3. The molecule has 114 valence electrons. The van der Waals surface area contributed by atoms with Crippen LogP contribution in [-0.4, -0.2) is 27.4 Å². The summed E-state index contributed by atoms with van der Waals surface area (Å²) in [5, 5.41) is 29.6. The van der Waals surface area contributed by atoms with Gasteiger partial charge in [-0.1, -0.05) is 12.1 Å². The van der Waals surface area contributed by atoms with Crippen LogP contribution in [0.2, 0.25) is 0 Å². The second-order valence-corrected chi connectivity index (χ2v) is 5.12. The highest BCUT2D eigenvalue weighted by molar-refractivity contribution is 6.02. The van der Waals surface area contributed by atoms with Crippen LogP contribution in [0.4, 0.5) is 0 Å². The van der Waals surface area contributed by atoms with Crippen LogP contribution < -0.4 is 0 Å². The molecule has 0 spiro atoms. The van der Waals surface area contributed by atoms with E-state index in [1.165, 1.54) is 19.1 Å². The number of hydrogen-bond acceptors (Lipinski definition) is 5. The fourth-order valence-corrected chi connectivity index (χ4v) is 2.38. The molecule has 0 aliphatic rings. The summed E-state index contributed by atoms with van der Waals surface area (Å²) in [5.41, 5.74) is 1.14. The van der Waals surface area contributed by atoms with Gasteiger partial charge in [-0.25, -0.2) is 0 Å². The van der Waals surface area contributed by atoms with Gasteiger partial charge in [-0.3, -0.25) is 9.59 Å². The molecular weight excluding hydrogens is 284 g/mol. The first-order valence-electron chi connectivity index (χ1n) is 6.68. The number of aldehydes is 1. The standard InChI is InChI=1S/C17H16O5/c1-9-4-3-5-13(19)16(9)15(21)7-12-11(8-18)6-14(20)10(2)17(12)22/h3-6,8,19-20,22H,7H2,1-2H3. The minimum atomic E-state index is -0.418. The second kappa shape index (κ2) is 5.89. The molecule has 3 N–H and O–H groups in total. The minimum absolute atomic E-state index is 0.0435. The lowest BCUT2D eigenvalue weighted by atomic mass is 9.93. The maximum absolute atomic E-state index is 12.4. The van der Waals surface area contributed by atoms with Gasteiger partial charge >= 0.3 is 0 Å². The largest absolute Gasteiger partial charge is 0.508 e. The van der Waals surface area contributed by atoms with E-state index in [1.54, 1.807) is 19.1 Å². The fourth-order valence-electron chi connectivity index (χ4n) is 2.38. The Hall–Kier alpha value is -2.82. The molecule has 0 bridgehead atoms. The van der Waals surface area contributed by atoms with Gasteiger partial charge in [-0.2, -0.15) is 0 Å². The third kappa shape index (κ3) is 2.65. The number of carbonyl (C=O) groups is 2. The Morgan fingerprint density at radius 3 is 2.41 bits per heavy atom. The van der Waals surface area contributed by atoms with Crippen LogP contribution in [0.5, 0.6) is 17.2 Å². The molecule has 0 aliphatic carbocycles. The van der Waals surface area contributed by atoms with Gasteiger partial charge in [-0.15, -0.1) is 0 Å². The van der Waals surface area contributed by atoms with Crippen LogP contribution in [0.15, 0.2) is 24.3 Å². The molecule has 0 fully saturated rings. The van der Waals surface area contributed by atoms with E-state index in [-0.39, 0.29) is 45.9 Å². The number of aromatic hydroxyl groups is 3. The quantitative estimate of drug-likeness (QED) is 0.596. The Bertz CT molecular complexity index is 742. The number of phenols is 3. The second-order valence-electron chi connectivity index (χ2n) is 5.12. The molecule has 0 radical (unpaired) electrons. The highest BCUT2D eigenvalue weighted by Gasteiger charge is 2.20. The van der Waals surface area contributed by atoms with E-state index < -0.39 is 5.78 Å². The third-order valence-electron chi connectivity index (χ3n) is 3.66. The molecule has 0 saturated heterocycles. The molecule has 0 heterocycles. The normalized spacial score (nSPS) is 10.5.